The van der Waals surface area contributed by atoms with Gasteiger partial charge in [-0.05, 0) is 29.8 Å². The van der Waals surface area contributed by atoms with Crippen molar-refractivity contribution >= 4 is 32.7 Å². The van der Waals surface area contributed by atoms with Crippen LogP contribution in [0.25, 0.3) is 11.0 Å². The number of halogens is 2. The summed E-state index contributed by atoms with van der Waals surface area (Å²) in [5.41, 5.74) is 1.97. The lowest BCUT2D eigenvalue weighted by atomic mass is 10.1. The van der Waals surface area contributed by atoms with Crippen molar-refractivity contribution in [3.05, 3.63) is 70.2 Å². The van der Waals surface area contributed by atoms with Gasteiger partial charge in [-0.15, -0.1) is 0 Å². The first kappa shape index (κ1) is 13.8. The molecule has 0 amide bonds. The first-order chi connectivity index (χ1) is 10.1. The standard InChI is InChI=1S/C16H10BrFN2O/c17-11-6-5-10(12(18)8-11)7-16(21)15-9-19-13-3-1-2-4-14(13)20-15/h1-6,8-9H,7H2. The molecule has 0 radical (unpaired) electrons. The monoisotopic (exact) mass is 344 g/mol. The summed E-state index contributed by atoms with van der Waals surface area (Å²) in [6.07, 6.45) is 1.40. The van der Waals surface area contributed by atoms with Crippen LogP contribution in [-0.2, 0) is 6.42 Å². The molecule has 0 aliphatic carbocycles. The molecule has 0 aliphatic rings. The Bertz CT molecular complexity index is 835. The molecule has 0 N–H and O–H groups in total. The normalized spacial score (nSPS) is 10.8. The van der Waals surface area contributed by atoms with Gasteiger partial charge in [0.2, 0.25) is 0 Å². The van der Waals surface area contributed by atoms with Crippen LogP contribution in [0.4, 0.5) is 4.39 Å². The highest BCUT2D eigenvalue weighted by Crippen LogP contribution is 2.17. The highest BCUT2D eigenvalue weighted by Gasteiger charge is 2.13. The first-order valence-electron chi connectivity index (χ1n) is 6.32. The molecule has 2 aromatic carbocycles. The summed E-state index contributed by atoms with van der Waals surface area (Å²) in [7, 11) is 0. The summed E-state index contributed by atoms with van der Waals surface area (Å²) in [4.78, 5) is 20.7. The number of carbonyl (C=O) groups excluding carboxylic acids is 1. The number of nitrogens with zero attached hydrogens (tertiary/aromatic N) is 2. The van der Waals surface area contributed by atoms with E-state index in [1.807, 2.05) is 18.2 Å². The number of Topliss-reactive ketones (excluding diaryl/α,β-unsaturated/α-hetero) is 1. The smallest absolute Gasteiger partial charge is 0.187 e. The number of fused-ring (bicyclic) bond motifs is 1. The Morgan fingerprint density at radius 2 is 1.90 bits per heavy atom. The predicted octanol–water partition coefficient (Wildman–Crippen LogP) is 3.96. The lowest BCUT2D eigenvalue weighted by Gasteiger charge is -2.04. The molecule has 0 saturated carbocycles. The highest BCUT2D eigenvalue weighted by molar-refractivity contribution is 9.10. The van der Waals surface area contributed by atoms with Crippen LogP contribution >= 0.6 is 15.9 Å². The summed E-state index contributed by atoms with van der Waals surface area (Å²) in [6.45, 7) is 0. The summed E-state index contributed by atoms with van der Waals surface area (Å²) in [6, 6.07) is 11.9. The van der Waals surface area contributed by atoms with Crippen molar-refractivity contribution in [1.29, 1.82) is 0 Å². The lowest BCUT2D eigenvalue weighted by molar-refractivity contribution is 0.0987. The maximum absolute atomic E-state index is 13.8. The molecular formula is C16H10BrFN2O. The fourth-order valence-electron chi connectivity index (χ4n) is 2.02. The van der Waals surface area contributed by atoms with E-state index in [0.29, 0.717) is 15.6 Å². The third-order valence-electron chi connectivity index (χ3n) is 3.10. The molecule has 3 nitrogen and oxygen atoms in total. The van der Waals surface area contributed by atoms with Crippen molar-refractivity contribution in [2.24, 2.45) is 0 Å². The Balaban J connectivity index is 1.89. The molecule has 0 atom stereocenters. The van der Waals surface area contributed by atoms with Crippen LogP contribution in [0.2, 0.25) is 0 Å². The van der Waals surface area contributed by atoms with Crippen molar-refractivity contribution in [3.63, 3.8) is 0 Å². The molecule has 5 heteroatoms. The Morgan fingerprint density at radius 1 is 1.14 bits per heavy atom. The van der Waals surface area contributed by atoms with E-state index in [4.69, 9.17) is 0 Å². The van der Waals surface area contributed by atoms with Gasteiger partial charge in [0, 0.05) is 10.9 Å². The summed E-state index contributed by atoms with van der Waals surface area (Å²) in [5, 5.41) is 0. The van der Waals surface area contributed by atoms with Crippen molar-refractivity contribution in [2.45, 2.75) is 6.42 Å². The number of hydrogen-bond donors (Lipinski definition) is 0. The van der Waals surface area contributed by atoms with Crippen LogP contribution in [0.15, 0.2) is 53.1 Å². The number of aromatic nitrogens is 2. The quantitative estimate of drug-likeness (QED) is 0.675. The molecule has 0 fully saturated rings. The van der Waals surface area contributed by atoms with Gasteiger partial charge in [-0.2, -0.15) is 0 Å². The second-order valence-electron chi connectivity index (χ2n) is 4.58. The van der Waals surface area contributed by atoms with E-state index in [0.717, 1.165) is 5.52 Å². The number of hydrogen-bond acceptors (Lipinski definition) is 3. The molecule has 3 aromatic rings. The van der Waals surface area contributed by atoms with Crippen molar-refractivity contribution in [1.82, 2.24) is 9.97 Å². The molecule has 104 valence electrons. The van der Waals surface area contributed by atoms with Gasteiger partial charge in [0.25, 0.3) is 0 Å². The van der Waals surface area contributed by atoms with Crippen LogP contribution < -0.4 is 0 Å². The molecule has 0 unspecified atom stereocenters. The average Bonchev–Trinajstić information content (AvgIpc) is 2.49. The minimum absolute atomic E-state index is 0.0356. The number of para-hydroxylation sites is 2. The van der Waals surface area contributed by atoms with Crippen molar-refractivity contribution < 1.29 is 9.18 Å². The van der Waals surface area contributed by atoms with Gasteiger partial charge in [0.1, 0.15) is 11.5 Å². The van der Waals surface area contributed by atoms with Crippen LogP contribution in [0.3, 0.4) is 0 Å². The summed E-state index contributed by atoms with van der Waals surface area (Å²) in [5.74, 6) is -0.666. The van der Waals surface area contributed by atoms with E-state index in [-0.39, 0.29) is 17.9 Å². The van der Waals surface area contributed by atoms with E-state index >= 15 is 0 Å². The largest absolute Gasteiger partial charge is 0.292 e. The molecular weight excluding hydrogens is 335 g/mol. The van der Waals surface area contributed by atoms with Gasteiger partial charge in [-0.25, -0.2) is 9.37 Å². The van der Waals surface area contributed by atoms with Gasteiger partial charge >= 0.3 is 0 Å². The summed E-state index contributed by atoms with van der Waals surface area (Å²) >= 11 is 3.19. The SMILES string of the molecule is O=C(Cc1ccc(Br)cc1F)c1cnc2ccccc2n1. The van der Waals surface area contributed by atoms with E-state index < -0.39 is 5.82 Å². The molecule has 21 heavy (non-hydrogen) atoms. The zero-order valence-corrected chi connectivity index (χ0v) is 12.5. The number of carbonyl (C=O) groups is 1. The maximum Gasteiger partial charge on any atom is 0.187 e. The fourth-order valence-corrected chi connectivity index (χ4v) is 2.35. The Kier molecular flexibility index (Phi) is 3.75. The van der Waals surface area contributed by atoms with E-state index in [1.54, 1.807) is 18.2 Å². The molecule has 1 aromatic heterocycles. The fraction of sp³-hybridized carbons (Fsp3) is 0.0625. The predicted molar refractivity (Wildman–Crippen MR) is 81.7 cm³/mol. The Hall–Kier alpha value is -2.14. The van der Waals surface area contributed by atoms with Crippen LogP contribution in [0, 0.1) is 5.82 Å². The van der Waals surface area contributed by atoms with E-state index in [9.17, 15) is 9.18 Å². The van der Waals surface area contributed by atoms with Crippen molar-refractivity contribution in [3.8, 4) is 0 Å². The minimum Gasteiger partial charge on any atom is -0.292 e. The molecule has 0 spiro atoms. The van der Waals surface area contributed by atoms with Crippen LogP contribution in [-0.4, -0.2) is 15.8 Å². The third kappa shape index (κ3) is 2.97. The van der Waals surface area contributed by atoms with Gasteiger partial charge in [-0.3, -0.25) is 9.78 Å². The highest BCUT2D eigenvalue weighted by atomic mass is 79.9. The molecule has 0 bridgehead atoms. The number of ketones is 1. The minimum atomic E-state index is -0.411. The summed E-state index contributed by atoms with van der Waals surface area (Å²) < 4.78 is 14.4. The second-order valence-corrected chi connectivity index (χ2v) is 5.50. The Labute approximate surface area is 129 Å². The number of benzene rings is 2. The zero-order chi connectivity index (χ0) is 14.8. The molecule has 0 saturated heterocycles. The molecule has 3 rings (SSSR count). The van der Waals surface area contributed by atoms with Gasteiger partial charge in [0.15, 0.2) is 5.78 Å². The van der Waals surface area contributed by atoms with E-state index in [2.05, 4.69) is 25.9 Å². The average molecular weight is 345 g/mol. The molecule has 0 aliphatic heterocycles. The number of rotatable bonds is 3. The zero-order valence-electron chi connectivity index (χ0n) is 10.9. The lowest BCUT2D eigenvalue weighted by Crippen LogP contribution is -2.08. The molecule has 1 heterocycles. The topological polar surface area (TPSA) is 42.9 Å². The van der Waals surface area contributed by atoms with Gasteiger partial charge in [0.05, 0.1) is 17.2 Å². The van der Waals surface area contributed by atoms with Crippen LogP contribution in [0.5, 0.6) is 0 Å². The van der Waals surface area contributed by atoms with Crippen LogP contribution in [0.1, 0.15) is 16.1 Å². The third-order valence-corrected chi connectivity index (χ3v) is 3.59. The Morgan fingerprint density at radius 3 is 2.67 bits per heavy atom. The van der Waals surface area contributed by atoms with Gasteiger partial charge in [-0.1, -0.05) is 34.1 Å². The van der Waals surface area contributed by atoms with Gasteiger partial charge < -0.3 is 0 Å². The van der Waals surface area contributed by atoms with Crippen molar-refractivity contribution in [2.75, 3.05) is 0 Å². The van der Waals surface area contributed by atoms with E-state index in [1.165, 1.54) is 12.3 Å². The maximum atomic E-state index is 13.8. The first-order valence-corrected chi connectivity index (χ1v) is 7.12. The second kappa shape index (κ2) is 5.69.